The number of likely N-dealkylation sites (N-methyl/N-ethyl adjacent to an activating group) is 1. The van der Waals surface area contributed by atoms with Crippen LogP contribution in [0.3, 0.4) is 0 Å². The molecule has 144 valence electrons. The normalized spacial score (nSPS) is 10.8. The fraction of sp³-hybridized carbons (Fsp3) is 0.368. The first kappa shape index (κ1) is 20.6. The number of hydrogen-bond acceptors (Lipinski definition) is 6. The average molecular weight is 390 g/mol. The number of pyridine rings is 2. The number of hydrogen-bond donors (Lipinski definition) is 0. The van der Waals surface area contributed by atoms with Gasteiger partial charge in [-0.2, -0.15) is 5.10 Å². The largest absolute Gasteiger partial charge is 0.476 e. The van der Waals surface area contributed by atoms with Crippen molar-refractivity contribution in [2.75, 3.05) is 31.8 Å². The van der Waals surface area contributed by atoms with Gasteiger partial charge in [-0.05, 0) is 31.5 Å². The molecular formula is C19H24ClN5O2. The Labute approximate surface area is 164 Å². The van der Waals surface area contributed by atoms with Crippen molar-refractivity contribution >= 4 is 29.4 Å². The van der Waals surface area contributed by atoms with Crippen LogP contribution in [0.5, 0.6) is 5.88 Å². The zero-order valence-corrected chi connectivity index (χ0v) is 16.6. The van der Waals surface area contributed by atoms with Crippen LogP contribution in [0, 0.1) is 0 Å². The predicted octanol–water partition coefficient (Wildman–Crippen LogP) is 3.50. The topological polar surface area (TPSA) is 70.9 Å². The molecule has 7 nitrogen and oxygen atoms in total. The lowest BCUT2D eigenvalue weighted by molar-refractivity contribution is 0.0733. The quantitative estimate of drug-likeness (QED) is 0.485. The molecule has 2 rings (SSSR count). The number of anilines is 1. The van der Waals surface area contributed by atoms with E-state index in [1.807, 2.05) is 19.9 Å². The van der Waals surface area contributed by atoms with Gasteiger partial charge in [-0.3, -0.25) is 9.80 Å². The van der Waals surface area contributed by atoms with Crippen molar-refractivity contribution in [1.29, 1.82) is 0 Å². The average Bonchev–Trinajstić information content (AvgIpc) is 2.70. The fourth-order valence-corrected chi connectivity index (χ4v) is 2.46. The Morgan fingerprint density at radius 1 is 1.30 bits per heavy atom. The summed E-state index contributed by atoms with van der Waals surface area (Å²) in [5, 5.41) is 6.51. The number of carbonyl (C=O) groups excluding carboxylic acids is 1. The Morgan fingerprint density at radius 3 is 2.78 bits per heavy atom. The minimum absolute atomic E-state index is 0.167. The molecule has 1 amide bonds. The number of nitrogens with zero attached hydrogens (tertiary/aromatic N) is 5. The molecule has 0 spiro atoms. The maximum atomic E-state index is 13.0. The molecule has 2 heterocycles. The Balaban J connectivity index is 2.05. The molecule has 2 aromatic heterocycles. The zero-order chi connectivity index (χ0) is 19.6. The summed E-state index contributed by atoms with van der Waals surface area (Å²) in [4.78, 5) is 23.0. The second-order valence-electron chi connectivity index (χ2n) is 5.65. The molecule has 0 aliphatic heterocycles. The van der Waals surface area contributed by atoms with Gasteiger partial charge in [0.2, 0.25) is 5.88 Å². The molecule has 2 aromatic rings. The van der Waals surface area contributed by atoms with E-state index in [1.165, 1.54) is 6.20 Å². The number of halogens is 1. The highest BCUT2D eigenvalue weighted by atomic mass is 35.5. The molecule has 0 unspecified atom stereocenters. The summed E-state index contributed by atoms with van der Waals surface area (Å²) in [7, 11) is 1.80. The third-order valence-electron chi connectivity index (χ3n) is 3.76. The van der Waals surface area contributed by atoms with E-state index in [2.05, 4.69) is 15.1 Å². The molecule has 8 heteroatoms. The van der Waals surface area contributed by atoms with Gasteiger partial charge < -0.3 is 9.64 Å². The van der Waals surface area contributed by atoms with Gasteiger partial charge in [0.15, 0.2) is 5.69 Å². The summed E-state index contributed by atoms with van der Waals surface area (Å²) < 4.78 is 5.59. The molecule has 0 N–H and O–H groups in total. The third kappa shape index (κ3) is 5.92. The maximum Gasteiger partial charge on any atom is 0.274 e. The van der Waals surface area contributed by atoms with E-state index in [1.54, 1.807) is 47.6 Å². The highest BCUT2D eigenvalue weighted by molar-refractivity contribution is 6.30. The molecule has 0 fully saturated rings. The van der Waals surface area contributed by atoms with Gasteiger partial charge in [-0.1, -0.05) is 18.5 Å². The van der Waals surface area contributed by atoms with Crippen molar-refractivity contribution in [1.82, 2.24) is 14.9 Å². The Hall–Kier alpha value is -2.67. The number of carbonyl (C=O) groups is 1. The minimum Gasteiger partial charge on any atom is -0.476 e. The van der Waals surface area contributed by atoms with Gasteiger partial charge in [-0.15, -0.1) is 0 Å². The monoisotopic (exact) mass is 389 g/mol. The summed E-state index contributed by atoms with van der Waals surface area (Å²) in [5.74, 6) is 0.300. The first-order valence-electron chi connectivity index (χ1n) is 8.81. The van der Waals surface area contributed by atoms with E-state index < -0.39 is 0 Å². The van der Waals surface area contributed by atoms with E-state index in [9.17, 15) is 4.79 Å². The number of ether oxygens (including phenoxy) is 1. The van der Waals surface area contributed by atoms with Crippen LogP contribution >= 0.6 is 11.6 Å². The molecule has 0 aromatic carbocycles. The zero-order valence-electron chi connectivity index (χ0n) is 15.8. The van der Waals surface area contributed by atoms with E-state index >= 15 is 0 Å². The molecule has 0 aliphatic carbocycles. The van der Waals surface area contributed by atoms with E-state index in [0.717, 1.165) is 6.42 Å². The van der Waals surface area contributed by atoms with Crippen LogP contribution in [0.15, 0.2) is 41.8 Å². The Kier molecular flexibility index (Phi) is 8.00. The van der Waals surface area contributed by atoms with Crippen LogP contribution in [0.25, 0.3) is 0 Å². The van der Waals surface area contributed by atoms with Crippen molar-refractivity contribution in [3.8, 4) is 5.88 Å². The third-order valence-corrected chi connectivity index (χ3v) is 3.98. The van der Waals surface area contributed by atoms with Gasteiger partial charge >= 0.3 is 0 Å². The lowest BCUT2D eigenvalue weighted by Gasteiger charge is -2.23. The standard InChI is InChI=1S/C19H24ClN5O2/c1-4-10-23-24(3)16-7-6-11-21-18(16)19(26)25(5-2)12-13-27-17-9-8-15(20)14-22-17/h6-11,14H,4-5,12-13H2,1-3H3/b23-10-. The lowest BCUT2D eigenvalue weighted by atomic mass is 10.2. The van der Waals surface area contributed by atoms with Crippen molar-refractivity contribution in [2.45, 2.75) is 20.3 Å². The van der Waals surface area contributed by atoms with Crippen LogP contribution in [0.1, 0.15) is 30.8 Å². The van der Waals surface area contributed by atoms with Gasteiger partial charge in [0.25, 0.3) is 5.91 Å². The molecule has 0 aliphatic rings. The van der Waals surface area contributed by atoms with E-state index in [-0.39, 0.29) is 5.91 Å². The van der Waals surface area contributed by atoms with Gasteiger partial charge in [0.05, 0.1) is 17.3 Å². The molecule has 0 saturated carbocycles. The minimum atomic E-state index is -0.167. The second kappa shape index (κ2) is 10.5. The maximum absolute atomic E-state index is 13.0. The van der Waals surface area contributed by atoms with Gasteiger partial charge in [0, 0.05) is 38.3 Å². The number of rotatable bonds is 9. The van der Waals surface area contributed by atoms with E-state index in [4.69, 9.17) is 16.3 Å². The first-order valence-corrected chi connectivity index (χ1v) is 9.19. The van der Waals surface area contributed by atoms with Crippen LogP contribution in [-0.2, 0) is 0 Å². The van der Waals surface area contributed by atoms with Crippen LogP contribution in [0.2, 0.25) is 5.02 Å². The molecular weight excluding hydrogens is 366 g/mol. The second-order valence-corrected chi connectivity index (χ2v) is 6.09. The van der Waals surface area contributed by atoms with E-state index in [0.29, 0.717) is 42.0 Å². The summed E-state index contributed by atoms with van der Waals surface area (Å²) in [5.41, 5.74) is 1.02. The number of aromatic nitrogens is 2. The molecule has 0 bridgehead atoms. The summed E-state index contributed by atoms with van der Waals surface area (Å²) in [6.45, 7) is 5.19. The molecule has 0 saturated heterocycles. The van der Waals surface area contributed by atoms with Crippen molar-refractivity contribution in [3.63, 3.8) is 0 Å². The Morgan fingerprint density at radius 2 is 2.11 bits per heavy atom. The SMILES string of the molecule is CC/C=N\N(C)c1cccnc1C(=O)N(CC)CCOc1ccc(Cl)cn1. The summed E-state index contributed by atoms with van der Waals surface area (Å²) in [6, 6.07) is 7.02. The Bertz CT molecular complexity index is 767. The van der Waals surface area contributed by atoms with Crippen molar-refractivity contribution < 1.29 is 9.53 Å². The first-order chi connectivity index (χ1) is 13.1. The molecule has 27 heavy (non-hydrogen) atoms. The number of amides is 1. The van der Waals surface area contributed by atoms with Crippen LogP contribution in [-0.4, -0.2) is 53.7 Å². The summed E-state index contributed by atoms with van der Waals surface area (Å²) in [6.07, 6.45) is 5.72. The highest BCUT2D eigenvalue weighted by Crippen LogP contribution is 2.19. The van der Waals surface area contributed by atoms with Gasteiger partial charge in [-0.25, -0.2) is 9.97 Å². The summed E-state index contributed by atoms with van der Waals surface area (Å²) >= 11 is 5.81. The molecule has 0 radical (unpaired) electrons. The smallest absolute Gasteiger partial charge is 0.274 e. The van der Waals surface area contributed by atoms with Crippen LogP contribution in [0.4, 0.5) is 5.69 Å². The fourth-order valence-electron chi connectivity index (χ4n) is 2.35. The lowest BCUT2D eigenvalue weighted by Crippen LogP contribution is -2.35. The van der Waals surface area contributed by atoms with Crippen molar-refractivity contribution in [2.24, 2.45) is 5.10 Å². The molecule has 0 atom stereocenters. The van der Waals surface area contributed by atoms with Gasteiger partial charge in [0.1, 0.15) is 6.61 Å². The number of hydrazone groups is 1. The van der Waals surface area contributed by atoms with Crippen molar-refractivity contribution in [3.05, 3.63) is 47.4 Å². The highest BCUT2D eigenvalue weighted by Gasteiger charge is 2.20. The predicted molar refractivity (Wildman–Crippen MR) is 108 cm³/mol. The van der Waals surface area contributed by atoms with Crippen LogP contribution < -0.4 is 9.75 Å².